The number of hydrogen-bond acceptors (Lipinski definition) is 4. The Morgan fingerprint density at radius 1 is 1.03 bits per heavy atom. The average molecular weight is 437 g/mol. The molecular weight excluding hydrogens is 408 g/mol. The maximum Gasteiger partial charge on any atom is 0.262 e. The highest BCUT2D eigenvalue weighted by Crippen LogP contribution is 2.31. The van der Waals surface area contributed by atoms with Crippen LogP contribution in [0.5, 0.6) is 5.75 Å². The summed E-state index contributed by atoms with van der Waals surface area (Å²) in [5.41, 5.74) is 2.54. The van der Waals surface area contributed by atoms with Crippen molar-refractivity contribution in [3.05, 3.63) is 82.0 Å². The average Bonchev–Trinajstić information content (AvgIpc) is 3.28. The van der Waals surface area contributed by atoms with Crippen LogP contribution in [0.1, 0.15) is 41.6 Å². The SMILES string of the molecule is COc1ccc(C(C)(C)C)cc1NC(=O)[C@H](Cc1ccccc1)NC(=O)c1cccs1. The summed E-state index contributed by atoms with van der Waals surface area (Å²) in [6.45, 7) is 6.33. The van der Waals surface area contributed by atoms with Gasteiger partial charge in [-0.1, -0.05) is 63.2 Å². The summed E-state index contributed by atoms with van der Waals surface area (Å²) >= 11 is 1.34. The van der Waals surface area contributed by atoms with Crippen LogP contribution in [0.2, 0.25) is 0 Å². The number of carbonyl (C=O) groups excluding carboxylic acids is 2. The van der Waals surface area contributed by atoms with Crippen LogP contribution in [0.4, 0.5) is 5.69 Å². The molecule has 162 valence electrons. The number of anilines is 1. The van der Waals surface area contributed by atoms with Gasteiger partial charge >= 0.3 is 0 Å². The summed E-state index contributed by atoms with van der Waals surface area (Å²) in [5.74, 6) is 0.0176. The molecule has 5 nitrogen and oxygen atoms in total. The molecule has 0 aliphatic rings. The van der Waals surface area contributed by atoms with E-state index in [9.17, 15) is 9.59 Å². The van der Waals surface area contributed by atoms with E-state index in [0.717, 1.165) is 11.1 Å². The molecule has 0 aliphatic heterocycles. The first kappa shape index (κ1) is 22.6. The number of amides is 2. The lowest BCUT2D eigenvalue weighted by Gasteiger charge is -2.23. The summed E-state index contributed by atoms with van der Waals surface area (Å²) in [6.07, 6.45) is 0.380. The predicted octanol–water partition coefficient (Wildman–Crippen LogP) is 5.03. The van der Waals surface area contributed by atoms with Crippen molar-refractivity contribution >= 4 is 28.8 Å². The summed E-state index contributed by atoms with van der Waals surface area (Å²) in [5, 5.41) is 7.70. The second kappa shape index (κ2) is 9.79. The van der Waals surface area contributed by atoms with Crippen LogP contribution in [0.25, 0.3) is 0 Å². The minimum atomic E-state index is -0.736. The molecule has 0 aliphatic carbocycles. The van der Waals surface area contributed by atoms with Crippen LogP contribution in [-0.4, -0.2) is 25.0 Å². The van der Waals surface area contributed by atoms with E-state index in [1.54, 1.807) is 13.2 Å². The van der Waals surface area contributed by atoms with Crippen molar-refractivity contribution in [3.63, 3.8) is 0 Å². The molecule has 2 amide bonds. The topological polar surface area (TPSA) is 67.4 Å². The van der Waals surface area contributed by atoms with Gasteiger partial charge < -0.3 is 15.4 Å². The quantitative estimate of drug-likeness (QED) is 0.546. The molecular formula is C25H28N2O3S. The fourth-order valence-corrected chi connectivity index (χ4v) is 3.82. The summed E-state index contributed by atoms with van der Waals surface area (Å²) in [4.78, 5) is 26.5. The Balaban J connectivity index is 1.86. The molecule has 1 heterocycles. The Morgan fingerprint density at radius 3 is 2.39 bits per heavy atom. The fourth-order valence-electron chi connectivity index (χ4n) is 3.19. The van der Waals surface area contributed by atoms with Gasteiger partial charge in [0.05, 0.1) is 17.7 Å². The lowest BCUT2D eigenvalue weighted by molar-refractivity contribution is -0.118. The number of ether oxygens (including phenoxy) is 1. The Bertz CT molecular complexity index is 1020. The van der Waals surface area contributed by atoms with Gasteiger partial charge in [-0.25, -0.2) is 0 Å². The van der Waals surface area contributed by atoms with Gasteiger partial charge in [0.2, 0.25) is 5.91 Å². The van der Waals surface area contributed by atoms with Crippen LogP contribution in [0.3, 0.4) is 0 Å². The lowest BCUT2D eigenvalue weighted by atomic mass is 9.87. The third-order valence-electron chi connectivity index (χ3n) is 4.97. The number of hydrogen-bond donors (Lipinski definition) is 2. The highest BCUT2D eigenvalue weighted by molar-refractivity contribution is 7.12. The first-order valence-corrected chi connectivity index (χ1v) is 11.0. The highest BCUT2D eigenvalue weighted by Gasteiger charge is 2.24. The molecule has 31 heavy (non-hydrogen) atoms. The van der Waals surface area contributed by atoms with Gasteiger partial charge in [0.25, 0.3) is 5.91 Å². The largest absolute Gasteiger partial charge is 0.495 e. The van der Waals surface area contributed by atoms with E-state index in [1.165, 1.54) is 11.3 Å². The number of thiophene rings is 1. The summed E-state index contributed by atoms with van der Waals surface area (Å²) < 4.78 is 5.45. The molecule has 0 bridgehead atoms. The number of rotatable bonds is 7. The molecule has 3 rings (SSSR count). The first-order chi connectivity index (χ1) is 14.8. The Hall–Kier alpha value is -3.12. The molecule has 2 N–H and O–H groups in total. The van der Waals surface area contributed by atoms with E-state index in [2.05, 4.69) is 31.4 Å². The third kappa shape index (κ3) is 5.95. The fraction of sp³-hybridized carbons (Fsp3) is 0.280. The van der Waals surface area contributed by atoms with Gasteiger partial charge in [0.15, 0.2) is 0 Å². The summed E-state index contributed by atoms with van der Waals surface area (Å²) in [7, 11) is 1.57. The zero-order chi connectivity index (χ0) is 22.4. The van der Waals surface area contributed by atoms with Gasteiger partial charge in [-0.15, -0.1) is 11.3 Å². The van der Waals surface area contributed by atoms with Crippen molar-refractivity contribution in [2.75, 3.05) is 12.4 Å². The normalized spacial score (nSPS) is 12.1. The Labute approximate surface area is 187 Å². The van der Waals surface area contributed by atoms with Gasteiger partial charge in [-0.3, -0.25) is 9.59 Å². The van der Waals surface area contributed by atoms with E-state index in [-0.39, 0.29) is 17.2 Å². The van der Waals surface area contributed by atoms with Crippen LogP contribution in [0, 0.1) is 0 Å². The number of carbonyl (C=O) groups is 2. The Kier molecular flexibility index (Phi) is 7.13. The molecule has 0 fully saturated rings. The van der Waals surface area contributed by atoms with E-state index >= 15 is 0 Å². The van der Waals surface area contributed by atoms with E-state index in [1.807, 2.05) is 60.0 Å². The zero-order valence-corrected chi connectivity index (χ0v) is 19.1. The molecule has 0 saturated heterocycles. The Morgan fingerprint density at radius 2 is 1.77 bits per heavy atom. The molecule has 1 atom stereocenters. The van der Waals surface area contributed by atoms with Crippen LogP contribution in [0.15, 0.2) is 66.0 Å². The van der Waals surface area contributed by atoms with Crippen molar-refractivity contribution in [2.45, 2.75) is 38.6 Å². The smallest absolute Gasteiger partial charge is 0.262 e. The lowest BCUT2D eigenvalue weighted by Crippen LogP contribution is -2.45. The van der Waals surface area contributed by atoms with Crippen molar-refractivity contribution in [2.24, 2.45) is 0 Å². The maximum atomic E-state index is 13.3. The summed E-state index contributed by atoms with van der Waals surface area (Å²) in [6, 6.07) is 18.2. The van der Waals surface area contributed by atoms with Crippen molar-refractivity contribution in [3.8, 4) is 5.75 Å². The number of benzene rings is 2. The monoisotopic (exact) mass is 436 g/mol. The minimum Gasteiger partial charge on any atom is -0.495 e. The van der Waals surface area contributed by atoms with Gasteiger partial charge in [-0.05, 0) is 40.1 Å². The first-order valence-electron chi connectivity index (χ1n) is 10.2. The zero-order valence-electron chi connectivity index (χ0n) is 18.3. The minimum absolute atomic E-state index is 0.0808. The van der Waals surface area contributed by atoms with Crippen LogP contribution in [-0.2, 0) is 16.6 Å². The van der Waals surface area contributed by atoms with Crippen LogP contribution < -0.4 is 15.4 Å². The van der Waals surface area contributed by atoms with E-state index < -0.39 is 6.04 Å². The molecule has 0 spiro atoms. The second-order valence-corrected chi connectivity index (χ2v) is 9.30. The van der Waals surface area contributed by atoms with E-state index in [4.69, 9.17) is 4.74 Å². The molecule has 6 heteroatoms. The van der Waals surface area contributed by atoms with Crippen molar-refractivity contribution < 1.29 is 14.3 Å². The maximum absolute atomic E-state index is 13.3. The molecule has 2 aromatic carbocycles. The van der Waals surface area contributed by atoms with Crippen molar-refractivity contribution in [1.29, 1.82) is 0 Å². The van der Waals surface area contributed by atoms with Crippen molar-refractivity contribution in [1.82, 2.24) is 5.32 Å². The van der Waals surface area contributed by atoms with Gasteiger partial charge in [0.1, 0.15) is 11.8 Å². The van der Waals surface area contributed by atoms with Gasteiger partial charge in [-0.2, -0.15) is 0 Å². The second-order valence-electron chi connectivity index (χ2n) is 8.35. The predicted molar refractivity (Wildman–Crippen MR) is 126 cm³/mol. The standard InChI is InChI=1S/C25H28N2O3S/c1-25(2,3)18-12-13-21(30-4)19(16-18)26-23(28)20(15-17-9-6-5-7-10-17)27-24(29)22-11-8-14-31-22/h5-14,16,20H,15H2,1-4H3,(H,26,28)(H,27,29)/t20-/m0/s1. The molecule has 0 saturated carbocycles. The highest BCUT2D eigenvalue weighted by atomic mass is 32.1. The van der Waals surface area contributed by atoms with E-state index in [0.29, 0.717) is 22.7 Å². The third-order valence-corrected chi connectivity index (χ3v) is 5.84. The number of nitrogens with one attached hydrogen (secondary N) is 2. The molecule has 0 radical (unpaired) electrons. The number of methoxy groups -OCH3 is 1. The molecule has 1 aromatic heterocycles. The van der Waals surface area contributed by atoms with Gasteiger partial charge in [0, 0.05) is 6.42 Å². The molecule has 0 unspecified atom stereocenters. The molecule has 3 aromatic rings. The van der Waals surface area contributed by atoms with Crippen LogP contribution >= 0.6 is 11.3 Å².